The summed E-state index contributed by atoms with van der Waals surface area (Å²) in [4.78, 5) is 25.0. The number of aromatic nitrogens is 2. The van der Waals surface area contributed by atoms with Crippen LogP contribution < -0.4 is 9.64 Å². The van der Waals surface area contributed by atoms with Crippen LogP contribution >= 0.6 is 11.6 Å². The standard InChI is InChI=1S/C24H24ClFN4O3/c1-17-13-29(9-10-30(17)24(31)15-32-14-18-5-3-2-4-6-18)22-12-23(28-16-27-22)33-21-8-7-19(26)11-20(21)25/h2-8,11-12,16-17H,9-10,13-15H2,1H3. The predicted octanol–water partition coefficient (Wildman–Crippen LogP) is 4.32. The third-order valence-electron chi connectivity index (χ3n) is 5.34. The number of piperazine rings is 1. The molecule has 2 heterocycles. The highest BCUT2D eigenvalue weighted by atomic mass is 35.5. The number of hydrogen-bond acceptors (Lipinski definition) is 6. The van der Waals surface area contributed by atoms with E-state index < -0.39 is 5.82 Å². The lowest BCUT2D eigenvalue weighted by atomic mass is 10.2. The highest BCUT2D eigenvalue weighted by molar-refractivity contribution is 6.32. The summed E-state index contributed by atoms with van der Waals surface area (Å²) in [6.07, 6.45) is 1.40. The Kier molecular flexibility index (Phi) is 7.36. The lowest BCUT2D eigenvalue weighted by Gasteiger charge is -2.40. The maximum Gasteiger partial charge on any atom is 0.248 e. The molecule has 3 aromatic rings. The van der Waals surface area contributed by atoms with Crippen LogP contribution in [0.3, 0.4) is 0 Å². The van der Waals surface area contributed by atoms with Crippen LogP contribution in [0.4, 0.5) is 10.2 Å². The van der Waals surface area contributed by atoms with Gasteiger partial charge in [0.15, 0.2) is 0 Å². The second kappa shape index (κ2) is 10.6. The fourth-order valence-electron chi connectivity index (χ4n) is 3.68. The van der Waals surface area contributed by atoms with Gasteiger partial charge in [0.05, 0.1) is 11.6 Å². The summed E-state index contributed by atoms with van der Waals surface area (Å²) in [6.45, 7) is 4.23. The molecular weight excluding hydrogens is 447 g/mol. The minimum atomic E-state index is -0.442. The number of amides is 1. The first-order chi connectivity index (χ1) is 16.0. The van der Waals surface area contributed by atoms with E-state index in [4.69, 9.17) is 21.1 Å². The predicted molar refractivity (Wildman–Crippen MR) is 123 cm³/mol. The van der Waals surface area contributed by atoms with E-state index in [9.17, 15) is 9.18 Å². The number of carbonyl (C=O) groups is 1. The van der Waals surface area contributed by atoms with Gasteiger partial charge >= 0.3 is 0 Å². The Morgan fingerprint density at radius 1 is 1.15 bits per heavy atom. The molecule has 2 aromatic carbocycles. The summed E-state index contributed by atoms with van der Waals surface area (Å²) in [7, 11) is 0. The van der Waals surface area contributed by atoms with Crippen LogP contribution in [0.2, 0.25) is 5.02 Å². The maximum absolute atomic E-state index is 13.3. The zero-order chi connectivity index (χ0) is 23.2. The Balaban J connectivity index is 1.32. The van der Waals surface area contributed by atoms with E-state index in [1.54, 1.807) is 6.07 Å². The largest absolute Gasteiger partial charge is 0.437 e. The van der Waals surface area contributed by atoms with Gasteiger partial charge in [-0.2, -0.15) is 0 Å². The molecule has 1 aliphatic heterocycles. The molecule has 1 atom stereocenters. The van der Waals surface area contributed by atoms with E-state index >= 15 is 0 Å². The molecule has 1 saturated heterocycles. The Morgan fingerprint density at radius 3 is 2.73 bits per heavy atom. The highest BCUT2D eigenvalue weighted by Gasteiger charge is 2.28. The average molecular weight is 471 g/mol. The summed E-state index contributed by atoms with van der Waals surface area (Å²) < 4.78 is 24.6. The monoisotopic (exact) mass is 470 g/mol. The van der Waals surface area contributed by atoms with Gasteiger partial charge in [-0.05, 0) is 30.7 Å². The second-order valence-corrected chi connectivity index (χ2v) is 8.16. The van der Waals surface area contributed by atoms with Crippen molar-refractivity contribution in [2.75, 3.05) is 31.1 Å². The van der Waals surface area contributed by atoms with Gasteiger partial charge in [0.2, 0.25) is 11.8 Å². The molecule has 9 heteroatoms. The van der Waals surface area contributed by atoms with Crippen molar-refractivity contribution in [1.29, 1.82) is 0 Å². The Labute approximate surface area is 196 Å². The average Bonchev–Trinajstić information content (AvgIpc) is 2.81. The number of rotatable bonds is 7. The van der Waals surface area contributed by atoms with Crippen molar-refractivity contribution in [3.63, 3.8) is 0 Å². The van der Waals surface area contributed by atoms with E-state index in [-0.39, 0.29) is 23.6 Å². The Bertz CT molecular complexity index is 1100. The molecule has 4 rings (SSSR count). The summed E-state index contributed by atoms with van der Waals surface area (Å²) >= 11 is 6.04. The van der Waals surface area contributed by atoms with Gasteiger partial charge in [-0.25, -0.2) is 14.4 Å². The topological polar surface area (TPSA) is 67.8 Å². The van der Waals surface area contributed by atoms with Gasteiger partial charge in [0, 0.05) is 31.7 Å². The zero-order valence-corrected chi connectivity index (χ0v) is 18.9. The molecule has 7 nitrogen and oxygen atoms in total. The first kappa shape index (κ1) is 22.9. The molecule has 0 aliphatic carbocycles. The van der Waals surface area contributed by atoms with Gasteiger partial charge in [-0.15, -0.1) is 0 Å². The van der Waals surface area contributed by atoms with Crippen LogP contribution in [0.25, 0.3) is 0 Å². The van der Waals surface area contributed by atoms with Crippen molar-refractivity contribution in [3.8, 4) is 11.6 Å². The Morgan fingerprint density at radius 2 is 1.97 bits per heavy atom. The van der Waals surface area contributed by atoms with Gasteiger partial charge in [0.1, 0.15) is 30.3 Å². The van der Waals surface area contributed by atoms with Gasteiger partial charge in [-0.1, -0.05) is 41.9 Å². The van der Waals surface area contributed by atoms with Crippen molar-refractivity contribution in [2.45, 2.75) is 19.6 Å². The normalized spacial score (nSPS) is 16.0. The van der Waals surface area contributed by atoms with Crippen molar-refractivity contribution >= 4 is 23.3 Å². The smallest absolute Gasteiger partial charge is 0.248 e. The van der Waals surface area contributed by atoms with Crippen molar-refractivity contribution in [3.05, 3.63) is 77.3 Å². The van der Waals surface area contributed by atoms with Crippen molar-refractivity contribution < 1.29 is 18.7 Å². The molecule has 1 unspecified atom stereocenters. The van der Waals surface area contributed by atoms with E-state index in [0.717, 1.165) is 5.56 Å². The highest BCUT2D eigenvalue weighted by Crippen LogP contribution is 2.30. The number of ether oxygens (including phenoxy) is 2. The molecule has 0 spiro atoms. The third kappa shape index (κ3) is 5.97. The fraction of sp³-hybridized carbons (Fsp3) is 0.292. The van der Waals surface area contributed by atoms with Gasteiger partial charge < -0.3 is 19.3 Å². The van der Waals surface area contributed by atoms with Crippen LogP contribution in [0.5, 0.6) is 11.6 Å². The van der Waals surface area contributed by atoms with Crippen LogP contribution in [-0.4, -0.2) is 53.1 Å². The van der Waals surface area contributed by atoms with Crippen LogP contribution in [0.15, 0.2) is 60.9 Å². The van der Waals surface area contributed by atoms with E-state index in [0.29, 0.717) is 43.7 Å². The fourth-order valence-corrected chi connectivity index (χ4v) is 3.88. The molecule has 0 saturated carbocycles. The molecular formula is C24H24ClFN4O3. The van der Waals surface area contributed by atoms with Gasteiger partial charge in [-0.3, -0.25) is 4.79 Å². The number of hydrogen-bond donors (Lipinski definition) is 0. The summed E-state index contributed by atoms with van der Waals surface area (Å²) in [5.41, 5.74) is 1.03. The molecule has 1 aromatic heterocycles. The van der Waals surface area contributed by atoms with Crippen molar-refractivity contribution in [1.82, 2.24) is 14.9 Å². The van der Waals surface area contributed by atoms with Crippen LogP contribution in [-0.2, 0) is 16.1 Å². The lowest BCUT2D eigenvalue weighted by Crippen LogP contribution is -2.55. The molecule has 1 amide bonds. The molecule has 172 valence electrons. The number of halogens is 2. The summed E-state index contributed by atoms with van der Waals surface area (Å²) in [5, 5.41) is 0.158. The number of benzene rings is 2. The third-order valence-corrected chi connectivity index (χ3v) is 5.64. The first-order valence-corrected chi connectivity index (χ1v) is 11.0. The minimum absolute atomic E-state index is 0.0162. The van der Waals surface area contributed by atoms with Crippen molar-refractivity contribution in [2.24, 2.45) is 0 Å². The SMILES string of the molecule is CC1CN(c2cc(Oc3ccc(F)cc3Cl)ncn2)CCN1C(=O)COCc1ccccc1. The van der Waals surface area contributed by atoms with E-state index in [2.05, 4.69) is 14.9 Å². The first-order valence-electron chi connectivity index (χ1n) is 10.6. The molecule has 1 fully saturated rings. The molecule has 33 heavy (non-hydrogen) atoms. The van der Waals surface area contributed by atoms with Crippen LogP contribution in [0, 0.1) is 5.82 Å². The summed E-state index contributed by atoms with van der Waals surface area (Å²) in [6, 6.07) is 15.4. The molecule has 1 aliphatic rings. The van der Waals surface area contributed by atoms with E-state index in [1.165, 1.54) is 24.5 Å². The zero-order valence-electron chi connectivity index (χ0n) is 18.2. The van der Waals surface area contributed by atoms with E-state index in [1.807, 2.05) is 42.2 Å². The second-order valence-electron chi connectivity index (χ2n) is 7.75. The maximum atomic E-state index is 13.3. The number of carbonyl (C=O) groups excluding carboxylic acids is 1. The lowest BCUT2D eigenvalue weighted by molar-refractivity contribution is -0.139. The van der Waals surface area contributed by atoms with Gasteiger partial charge in [0.25, 0.3) is 0 Å². The van der Waals surface area contributed by atoms with Crippen LogP contribution in [0.1, 0.15) is 12.5 Å². The Hall–Kier alpha value is -3.23. The summed E-state index contributed by atoms with van der Waals surface area (Å²) in [5.74, 6) is 0.812. The minimum Gasteiger partial charge on any atom is -0.437 e. The molecule has 0 N–H and O–H groups in total. The number of nitrogens with zero attached hydrogens (tertiary/aromatic N) is 4. The quantitative estimate of drug-likeness (QED) is 0.512. The molecule has 0 bridgehead atoms. The number of anilines is 1. The molecule has 0 radical (unpaired) electrons.